The third kappa shape index (κ3) is 7.41. The monoisotopic (exact) mass is 510 g/mol. The molecule has 2 atom stereocenters. The standard InChI is InChI=1S/C22H32N3.2ClH.Ru/c1-13-7-15(3)21(16(4)8-13)19(23)11-25-12-20(24)22-17(5)9-14(2)10-18(22)6;;;/h7-10,19-20H,11-12,23-24H2,1-6H3;2*1H;/q-1;;;+2/p-2. The Kier molecular flexibility index (Phi) is 11.2. The average molecular weight is 510 g/mol. The van der Waals surface area contributed by atoms with Crippen LogP contribution < -0.4 is 11.5 Å². The molecule has 2 aromatic rings. The molecule has 6 heteroatoms. The van der Waals surface area contributed by atoms with Gasteiger partial charge in [0.1, 0.15) is 0 Å². The van der Waals surface area contributed by atoms with Gasteiger partial charge >= 0.3 is 34.5 Å². The Morgan fingerprint density at radius 1 is 0.714 bits per heavy atom. The number of hydrogen-bond acceptors (Lipinski definition) is 2. The zero-order valence-electron chi connectivity index (χ0n) is 17.6. The van der Waals surface area contributed by atoms with Crippen LogP contribution in [0.1, 0.15) is 56.6 Å². The Bertz CT molecular complexity index is 671. The quantitative estimate of drug-likeness (QED) is 0.469. The molecule has 0 aliphatic carbocycles. The van der Waals surface area contributed by atoms with Gasteiger partial charge in [0.25, 0.3) is 0 Å². The number of halogens is 2. The van der Waals surface area contributed by atoms with Crippen LogP contribution in [0.15, 0.2) is 24.3 Å². The van der Waals surface area contributed by atoms with Crippen molar-refractivity contribution in [1.29, 1.82) is 0 Å². The van der Waals surface area contributed by atoms with Gasteiger partial charge in [0.15, 0.2) is 0 Å². The summed E-state index contributed by atoms with van der Waals surface area (Å²) in [6.45, 7) is 13.9. The predicted octanol–water partition coefficient (Wildman–Crippen LogP) is 5.99. The second kappa shape index (κ2) is 12.3. The summed E-state index contributed by atoms with van der Waals surface area (Å²) in [6.07, 6.45) is 0. The number of nitrogens with zero attached hydrogens (tertiary/aromatic N) is 1. The fourth-order valence-electron chi connectivity index (χ4n) is 4.09. The molecule has 0 heterocycles. The molecule has 2 rings (SSSR count). The molecule has 2 unspecified atom stereocenters. The van der Waals surface area contributed by atoms with E-state index in [0.29, 0.717) is 13.1 Å². The third-order valence-electron chi connectivity index (χ3n) is 4.87. The fourth-order valence-corrected chi connectivity index (χ4v) is 4.09. The van der Waals surface area contributed by atoms with Gasteiger partial charge in [0.2, 0.25) is 0 Å². The summed E-state index contributed by atoms with van der Waals surface area (Å²) in [7, 11) is 9.71. The molecule has 0 fully saturated rings. The summed E-state index contributed by atoms with van der Waals surface area (Å²) in [5.41, 5.74) is 22.8. The van der Waals surface area contributed by atoms with Crippen LogP contribution in [0.2, 0.25) is 0 Å². The van der Waals surface area contributed by atoms with Crippen LogP contribution in [0, 0.1) is 41.5 Å². The van der Waals surface area contributed by atoms with E-state index in [1.54, 1.807) is 0 Å². The van der Waals surface area contributed by atoms with Crippen LogP contribution in [-0.2, 0) is 15.1 Å². The number of benzene rings is 2. The minimum atomic E-state index is -0.346. The Labute approximate surface area is 186 Å². The number of hydrogen-bond donors (Lipinski definition) is 2. The van der Waals surface area contributed by atoms with Gasteiger partial charge in [-0.15, -0.1) is 13.1 Å². The molecule has 0 aliphatic rings. The first-order valence-electron chi connectivity index (χ1n) is 9.27. The number of aryl methyl sites for hydroxylation is 6. The van der Waals surface area contributed by atoms with E-state index in [4.69, 9.17) is 30.8 Å². The van der Waals surface area contributed by atoms with Crippen LogP contribution in [0.25, 0.3) is 5.32 Å². The summed E-state index contributed by atoms with van der Waals surface area (Å²) < 4.78 is 0. The van der Waals surface area contributed by atoms with Gasteiger partial charge in [-0.1, -0.05) is 35.4 Å². The zero-order valence-corrected chi connectivity index (χ0v) is 20.8. The molecule has 0 saturated heterocycles. The molecule has 28 heavy (non-hydrogen) atoms. The Balaban J connectivity index is 0.00000122. The normalized spacial score (nSPS) is 13.1. The third-order valence-corrected chi connectivity index (χ3v) is 4.87. The summed E-state index contributed by atoms with van der Waals surface area (Å²) in [5, 5.41) is 4.68. The molecule has 0 saturated carbocycles. The van der Waals surface area contributed by atoms with E-state index in [-0.39, 0.29) is 27.2 Å². The first-order valence-corrected chi connectivity index (χ1v) is 13.7. The Morgan fingerprint density at radius 3 is 1.21 bits per heavy atom. The first-order chi connectivity index (χ1) is 13.1. The van der Waals surface area contributed by atoms with Crippen molar-refractivity contribution < 1.29 is 15.1 Å². The van der Waals surface area contributed by atoms with E-state index in [0.717, 1.165) is 0 Å². The van der Waals surface area contributed by atoms with Crippen molar-refractivity contribution in [2.45, 2.75) is 53.6 Å². The van der Waals surface area contributed by atoms with Crippen molar-refractivity contribution in [2.24, 2.45) is 11.5 Å². The molecule has 4 N–H and O–H groups in total. The first kappa shape index (κ1) is 25.6. The van der Waals surface area contributed by atoms with Crippen molar-refractivity contribution in [2.75, 3.05) is 13.1 Å². The van der Waals surface area contributed by atoms with E-state index in [9.17, 15) is 0 Å². The van der Waals surface area contributed by atoms with Crippen LogP contribution >= 0.6 is 19.4 Å². The van der Waals surface area contributed by atoms with Gasteiger partial charge in [-0.05, 0) is 74.9 Å². The van der Waals surface area contributed by atoms with E-state index >= 15 is 0 Å². The molecular weight excluding hydrogens is 478 g/mol. The topological polar surface area (TPSA) is 66.1 Å². The van der Waals surface area contributed by atoms with Gasteiger partial charge in [0, 0.05) is 12.1 Å². The van der Waals surface area contributed by atoms with Gasteiger partial charge in [0.05, 0.1) is 0 Å². The molecule has 158 valence electrons. The summed E-state index contributed by atoms with van der Waals surface area (Å²) in [5.74, 6) is 0. The predicted molar refractivity (Wildman–Crippen MR) is 120 cm³/mol. The Morgan fingerprint density at radius 2 is 0.964 bits per heavy atom. The molecular formula is C22H32Cl2N3Ru-. The molecule has 0 spiro atoms. The van der Waals surface area contributed by atoms with Crippen molar-refractivity contribution in [3.05, 3.63) is 74.1 Å². The van der Waals surface area contributed by atoms with Crippen molar-refractivity contribution >= 4 is 19.4 Å². The zero-order chi connectivity index (χ0) is 21.4. The molecule has 0 aromatic heterocycles. The van der Waals surface area contributed by atoms with Crippen molar-refractivity contribution in [1.82, 2.24) is 0 Å². The molecule has 0 bridgehead atoms. The second-order valence-corrected chi connectivity index (χ2v) is 10.1. The molecule has 0 aliphatic heterocycles. The average Bonchev–Trinajstić information content (AvgIpc) is 2.53. The van der Waals surface area contributed by atoms with E-state index in [1.165, 1.54) is 44.5 Å². The van der Waals surface area contributed by atoms with Crippen LogP contribution in [-0.4, -0.2) is 13.1 Å². The molecule has 2 aromatic carbocycles. The Hall–Kier alpha value is -0.477. The van der Waals surface area contributed by atoms with Crippen molar-refractivity contribution in [3.63, 3.8) is 0 Å². The number of nitrogens with two attached hydrogens (primary N) is 2. The number of rotatable bonds is 6. The van der Waals surface area contributed by atoms with Crippen LogP contribution in [0.5, 0.6) is 0 Å². The van der Waals surface area contributed by atoms with Crippen LogP contribution in [0.4, 0.5) is 0 Å². The van der Waals surface area contributed by atoms with Gasteiger partial charge < -0.3 is 16.8 Å². The second-order valence-electron chi connectivity index (χ2n) is 7.48. The molecule has 0 amide bonds. The van der Waals surface area contributed by atoms with E-state index in [2.05, 4.69) is 71.1 Å². The SMILES string of the molecule is Cc1cc(C)c(C(N)C[N-]CC(N)c2c(C)cc(C)cc2C)c(C)c1.[Cl][Ru][Cl]. The molecule has 0 radical (unpaired) electrons. The van der Waals surface area contributed by atoms with Gasteiger partial charge in [-0.3, -0.25) is 0 Å². The minimum absolute atomic E-state index is 0.0759. The van der Waals surface area contributed by atoms with Crippen LogP contribution in [0.3, 0.4) is 0 Å². The van der Waals surface area contributed by atoms with Gasteiger partial charge in [-0.2, -0.15) is 0 Å². The maximum atomic E-state index is 6.42. The summed E-state index contributed by atoms with van der Waals surface area (Å²) in [6, 6.07) is 8.60. The van der Waals surface area contributed by atoms with E-state index < -0.39 is 0 Å². The summed E-state index contributed by atoms with van der Waals surface area (Å²) >= 11 is -0.346. The van der Waals surface area contributed by atoms with Gasteiger partial charge in [-0.25, -0.2) is 0 Å². The summed E-state index contributed by atoms with van der Waals surface area (Å²) in [4.78, 5) is 0. The fraction of sp³-hybridized carbons (Fsp3) is 0.455. The van der Waals surface area contributed by atoms with E-state index in [1.807, 2.05) is 0 Å². The van der Waals surface area contributed by atoms with Crippen molar-refractivity contribution in [3.8, 4) is 0 Å². The maximum absolute atomic E-state index is 6.42. The molecule has 3 nitrogen and oxygen atoms in total.